The maximum absolute atomic E-state index is 12.2. The Morgan fingerprint density at radius 1 is 1.00 bits per heavy atom. The lowest BCUT2D eigenvalue weighted by atomic mass is 9.87. The van der Waals surface area contributed by atoms with Crippen LogP contribution in [-0.4, -0.2) is 47.6 Å². The average Bonchev–Trinajstić information content (AvgIpc) is 2.70. The molecule has 3 fully saturated rings. The van der Waals surface area contributed by atoms with Crippen molar-refractivity contribution in [3.05, 3.63) is 27.9 Å². The van der Waals surface area contributed by atoms with Gasteiger partial charge in [-0.1, -0.05) is 19.3 Å². The molecule has 0 spiro atoms. The molecule has 5 nitrogen and oxygen atoms in total. The van der Waals surface area contributed by atoms with Crippen LogP contribution < -0.4 is 10.9 Å². The molecular formula is C21H34N4O. The minimum Gasteiger partial charge on any atom is -0.316 e. The fourth-order valence-corrected chi connectivity index (χ4v) is 5.13. The van der Waals surface area contributed by atoms with E-state index in [-0.39, 0.29) is 5.56 Å². The molecule has 1 aliphatic carbocycles. The summed E-state index contributed by atoms with van der Waals surface area (Å²) in [5.74, 6) is 2.67. The summed E-state index contributed by atoms with van der Waals surface area (Å²) < 4.78 is 0. The number of nitrogens with zero attached hydrogens (tertiary/aromatic N) is 2. The van der Waals surface area contributed by atoms with E-state index in [9.17, 15) is 4.79 Å². The van der Waals surface area contributed by atoms with E-state index in [2.05, 4.69) is 15.2 Å². The summed E-state index contributed by atoms with van der Waals surface area (Å²) in [6.45, 7) is 5.63. The largest absolute Gasteiger partial charge is 0.316 e. The quantitative estimate of drug-likeness (QED) is 0.869. The van der Waals surface area contributed by atoms with Crippen LogP contribution in [0.15, 0.2) is 10.9 Å². The molecule has 1 aromatic heterocycles. The zero-order chi connectivity index (χ0) is 17.8. The first kappa shape index (κ1) is 18.2. The number of aromatic amines is 1. The molecule has 2 aliphatic heterocycles. The monoisotopic (exact) mass is 358 g/mol. The molecule has 5 heteroatoms. The molecule has 0 aromatic carbocycles. The Kier molecular flexibility index (Phi) is 6.05. The van der Waals surface area contributed by atoms with E-state index in [0.717, 1.165) is 62.9 Å². The fourth-order valence-electron chi connectivity index (χ4n) is 5.13. The second-order valence-corrected chi connectivity index (χ2v) is 8.68. The number of hydrogen-bond acceptors (Lipinski definition) is 4. The van der Waals surface area contributed by atoms with Crippen molar-refractivity contribution in [2.75, 3.05) is 32.7 Å². The highest BCUT2D eigenvalue weighted by Crippen LogP contribution is 2.30. The maximum atomic E-state index is 12.2. The van der Waals surface area contributed by atoms with Gasteiger partial charge in [-0.2, -0.15) is 0 Å². The zero-order valence-electron chi connectivity index (χ0n) is 16.0. The minimum atomic E-state index is 0.0280. The number of rotatable bonds is 4. The molecule has 0 bridgehead atoms. The van der Waals surface area contributed by atoms with E-state index < -0.39 is 0 Å². The molecular weight excluding hydrogens is 324 g/mol. The standard InChI is InChI=1S/C21H34N4O/c26-20-13-19(18-7-4-10-22-14-18)23-21(24-20)17-8-11-25(12-9-17)15-16-5-2-1-3-6-16/h13,16-18,22H,1-12,14-15H2,(H,23,24,26). The second-order valence-electron chi connectivity index (χ2n) is 8.68. The number of hydrogen-bond donors (Lipinski definition) is 2. The smallest absolute Gasteiger partial charge is 0.251 e. The normalized spacial score (nSPS) is 26.8. The van der Waals surface area contributed by atoms with Gasteiger partial charge in [0.2, 0.25) is 0 Å². The Balaban J connectivity index is 1.36. The van der Waals surface area contributed by atoms with Gasteiger partial charge in [0.15, 0.2) is 0 Å². The molecule has 2 saturated heterocycles. The van der Waals surface area contributed by atoms with Crippen LogP contribution in [0.1, 0.15) is 81.1 Å². The average molecular weight is 359 g/mol. The van der Waals surface area contributed by atoms with Crippen molar-refractivity contribution in [3.63, 3.8) is 0 Å². The van der Waals surface area contributed by atoms with Gasteiger partial charge in [0.1, 0.15) is 5.82 Å². The molecule has 1 saturated carbocycles. The summed E-state index contributed by atoms with van der Waals surface area (Å²) in [5, 5.41) is 3.44. The third kappa shape index (κ3) is 4.55. The summed E-state index contributed by atoms with van der Waals surface area (Å²) in [6, 6.07) is 1.72. The van der Waals surface area contributed by atoms with Gasteiger partial charge in [0, 0.05) is 31.0 Å². The molecule has 0 amide bonds. The molecule has 3 aliphatic rings. The maximum Gasteiger partial charge on any atom is 0.251 e. The molecule has 144 valence electrons. The number of piperidine rings is 2. The Morgan fingerprint density at radius 2 is 1.81 bits per heavy atom. The van der Waals surface area contributed by atoms with Crippen LogP contribution in [0.3, 0.4) is 0 Å². The summed E-state index contributed by atoms with van der Waals surface area (Å²) >= 11 is 0. The number of H-pyrrole nitrogens is 1. The van der Waals surface area contributed by atoms with Crippen molar-refractivity contribution in [2.24, 2.45) is 5.92 Å². The summed E-state index contributed by atoms with van der Waals surface area (Å²) in [7, 11) is 0. The first-order valence-corrected chi connectivity index (χ1v) is 10.8. The third-order valence-electron chi connectivity index (χ3n) is 6.71. The van der Waals surface area contributed by atoms with Crippen molar-refractivity contribution in [1.29, 1.82) is 0 Å². The first-order valence-electron chi connectivity index (χ1n) is 10.8. The first-order chi connectivity index (χ1) is 12.8. The Morgan fingerprint density at radius 3 is 2.54 bits per heavy atom. The van der Waals surface area contributed by atoms with Gasteiger partial charge in [-0.25, -0.2) is 4.98 Å². The van der Waals surface area contributed by atoms with Crippen LogP contribution in [0.2, 0.25) is 0 Å². The van der Waals surface area contributed by atoms with Gasteiger partial charge >= 0.3 is 0 Å². The lowest BCUT2D eigenvalue weighted by Crippen LogP contribution is -2.37. The molecule has 1 aromatic rings. The number of nitrogens with one attached hydrogen (secondary N) is 2. The van der Waals surface area contributed by atoms with Crippen molar-refractivity contribution in [3.8, 4) is 0 Å². The Labute approximate surface area is 157 Å². The third-order valence-corrected chi connectivity index (χ3v) is 6.71. The van der Waals surface area contributed by atoms with Crippen molar-refractivity contribution in [2.45, 2.75) is 69.6 Å². The van der Waals surface area contributed by atoms with E-state index in [1.807, 2.05) is 0 Å². The molecule has 26 heavy (non-hydrogen) atoms. The van der Waals surface area contributed by atoms with Crippen molar-refractivity contribution >= 4 is 0 Å². The topological polar surface area (TPSA) is 61.0 Å². The van der Waals surface area contributed by atoms with Crippen molar-refractivity contribution in [1.82, 2.24) is 20.2 Å². The van der Waals surface area contributed by atoms with E-state index in [1.54, 1.807) is 6.07 Å². The summed E-state index contributed by atoms with van der Waals surface area (Å²) in [4.78, 5) is 22.8. The number of aromatic nitrogens is 2. The molecule has 0 radical (unpaired) electrons. The summed E-state index contributed by atoms with van der Waals surface area (Å²) in [5.41, 5.74) is 1.03. The van der Waals surface area contributed by atoms with Crippen LogP contribution in [0.4, 0.5) is 0 Å². The molecule has 1 atom stereocenters. The lowest BCUT2D eigenvalue weighted by molar-refractivity contribution is 0.162. The number of likely N-dealkylation sites (tertiary alicyclic amines) is 1. The predicted molar refractivity (Wildman–Crippen MR) is 105 cm³/mol. The molecule has 1 unspecified atom stereocenters. The van der Waals surface area contributed by atoms with Crippen LogP contribution in [-0.2, 0) is 0 Å². The van der Waals surface area contributed by atoms with Gasteiger partial charge in [-0.3, -0.25) is 4.79 Å². The van der Waals surface area contributed by atoms with E-state index in [4.69, 9.17) is 4.98 Å². The van der Waals surface area contributed by atoms with Gasteiger partial charge in [0.05, 0.1) is 5.69 Å². The predicted octanol–water partition coefficient (Wildman–Crippen LogP) is 3.00. The molecule has 2 N–H and O–H groups in total. The molecule has 4 rings (SSSR count). The minimum absolute atomic E-state index is 0.0280. The zero-order valence-corrected chi connectivity index (χ0v) is 16.0. The van der Waals surface area contributed by atoms with E-state index in [1.165, 1.54) is 45.1 Å². The van der Waals surface area contributed by atoms with Gasteiger partial charge in [0.25, 0.3) is 5.56 Å². The fraction of sp³-hybridized carbons (Fsp3) is 0.810. The SMILES string of the molecule is O=c1cc(C2CCCNC2)nc(C2CCN(CC3CCCCC3)CC2)[nH]1. The lowest BCUT2D eigenvalue weighted by Gasteiger charge is -2.35. The van der Waals surface area contributed by atoms with Crippen LogP contribution >= 0.6 is 0 Å². The molecule has 3 heterocycles. The van der Waals surface area contributed by atoms with Crippen LogP contribution in [0, 0.1) is 5.92 Å². The van der Waals surface area contributed by atoms with E-state index in [0.29, 0.717) is 11.8 Å². The van der Waals surface area contributed by atoms with Crippen LogP contribution in [0.25, 0.3) is 0 Å². The van der Waals surface area contributed by atoms with Gasteiger partial charge in [-0.15, -0.1) is 0 Å². The highest BCUT2D eigenvalue weighted by Gasteiger charge is 2.26. The second kappa shape index (κ2) is 8.66. The highest BCUT2D eigenvalue weighted by molar-refractivity contribution is 5.13. The van der Waals surface area contributed by atoms with E-state index >= 15 is 0 Å². The van der Waals surface area contributed by atoms with Gasteiger partial charge in [-0.05, 0) is 64.1 Å². The highest BCUT2D eigenvalue weighted by atomic mass is 16.1. The van der Waals surface area contributed by atoms with Gasteiger partial charge < -0.3 is 15.2 Å². The van der Waals surface area contributed by atoms with Crippen LogP contribution in [0.5, 0.6) is 0 Å². The van der Waals surface area contributed by atoms with Crippen molar-refractivity contribution < 1.29 is 0 Å². The summed E-state index contributed by atoms with van der Waals surface area (Å²) in [6.07, 6.45) is 11.7. The Hall–Kier alpha value is -1.20. The Bertz CT molecular complexity index is 623.